The molecular weight excluding hydrogens is 1010 g/mol. The van der Waals surface area contributed by atoms with Crippen LogP contribution in [0.1, 0.15) is 361 Å². The zero-order valence-electron chi connectivity index (χ0n) is 54.5. The predicted octanol–water partition coefficient (Wildman–Crippen LogP) is 24.6. The number of carbonyl (C=O) groups excluding carboxylic acids is 3. The molecule has 0 aliphatic carbocycles. The molecule has 1 atom stereocenters. The van der Waals surface area contributed by atoms with Gasteiger partial charge in [0, 0.05) is 19.3 Å². The molecule has 474 valence electrons. The SMILES string of the molecule is CC/C=C\C/C=C\C/C=C\C/C=C\CCCCC(=O)OC(COC(=O)CCCCCCC/C=C\C/C=C\C/C=C\CC)COC(=O)CCCCCCCCCCCCCCCCCCCCCCCCCCCCCCCCCCCC. The fraction of sp³-hybridized carbons (Fsp3) is 0.776. The van der Waals surface area contributed by atoms with Gasteiger partial charge in [-0.25, -0.2) is 0 Å². The molecule has 0 aromatic rings. The van der Waals surface area contributed by atoms with Gasteiger partial charge in [-0.15, -0.1) is 0 Å². The molecular formula is C76H134O6. The van der Waals surface area contributed by atoms with E-state index in [1.165, 1.54) is 199 Å². The summed E-state index contributed by atoms with van der Waals surface area (Å²) >= 11 is 0. The molecule has 0 fully saturated rings. The van der Waals surface area contributed by atoms with Crippen molar-refractivity contribution >= 4 is 17.9 Å². The van der Waals surface area contributed by atoms with E-state index in [4.69, 9.17) is 14.2 Å². The van der Waals surface area contributed by atoms with Crippen LogP contribution >= 0.6 is 0 Å². The van der Waals surface area contributed by atoms with Crippen LogP contribution in [0.3, 0.4) is 0 Å². The van der Waals surface area contributed by atoms with Gasteiger partial charge in [-0.2, -0.15) is 0 Å². The van der Waals surface area contributed by atoms with Crippen molar-refractivity contribution in [3.8, 4) is 0 Å². The Bertz CT molecular complexity index is 1550. The Morgan fingerprint density at radius 3 is 0.768 bits per heavy atom. The summed E-state index contributed by atoms with van der Waals surface area (Å²) in [5.41, 5.74) is 0. The van der Waals surface area contributed by atoms with Gasteiger partial charge < -0.3 is 14.2 Å². The minimum absolute atomic E-state index is 0.0967. The van der Waals surface area contributed by atoms with E-state index in [9.17, 15) is 14.4 Å². The number of carbonyl (C=O) groups is 3. The Morgan fingerprint density at radius 1 is 0.256 bits per heavy atom. The molecule has 0 aliphatic rings. The molecule has 6 nitrogen and oxygen atoms in total. The summed E-state index contributed by atoms with van der Waals surface area (Å²) in [6, 6.07) is 0. The van der Waals surface area contributed by atoms with Crippen molar-refractivity contribution < 1.29 is 28.6 Å². The number of hydrogen-bond acceptors (Lipinski definition) is 6. The van der Waals surface area contributed by atoms with Crippen LogP contribution in [0.5, 0.6) is 0 Å². The van der Waals surface area contributed by atoms with Crippen LogP contribution in [0.15, 0.2) is 85.1 Å². The minimum atomic E-state index is -0.806. The molecule has 0 aromatic heterocycles. The third-order valence-corrected chi connectivity index (χ3v) is 15.6. The smallest absolute Gasteiger partial charge is 0.306 e. The van der Waals surface area contributed by atoms with Crippen LogP contribution in [0.25, 0.3) is 0 Å². The van der Waals surface area contributed by atoms with Crippen LogP contribution in [0.4, 0.5) is 0 Å². The first-order valence-electron chi connectivity index (χ1n) is 35.6. The van der Waals surface area contributed by atoms with E-state index in [0.717, 1.165) is 116 Å². The lowest BCUT2D eigenvalue weighted by atomic mass is 10.0. The second kappa shape index (κ2) is 70.1. The van der Waals surface area contributed by atoms with Crippen LogP contribution in [-0.4, -0.2) is 37.2 Å². The monoisotopic (exact) mass is 1140 g/mol. The van der Waals surface area contributed by atoms with E-state index in [0.29, 0.717) is 19.3 Å². The summed E-state index contributed by atoms with van der Waals surface area (Å²) in [4.78, 5) is 38.3. The van der Waals surface area contributed by atoms with Crippen molar-refractivity contribution in [3.63, 3.8) is 0 Å². The van der Waals surface area contributed by atoms with Gasteiger partial charge in [0.1, 0.15) is 13.2 Å². The summed E-state index contributed by atoms with van der Waals surface area (Å²) in [6.45, 7) is 6.41. The van der Waals surface area contributed by atoms with Crippen LogP contribution in [0, 0.1) is 0 Å². The molecule has 0 radical (unpaired) electrons. The first-order valence-corrected chi connectivity index (χ1v) is 35.6. The fourth-order valence-corrected chi connectivity index (χ4v) is 10.4. The second-order valence-electron chi connectivity index (χ2n) is 23.7. The fourth-order valence-electron chi connectivity index (χ4n) is 10.4. The third-order valence-electron chi connectivity index (χ3n) is 15.6. The minimum Gasteiger partial charge on any atom is -0.462 e. The summed E-state index contributed by atoms with van der Waals surface area (Å²) < 4.78 is 16.9. The molecule has 1 unspecified atom stereocenters. The van der Waals surface area contributed by atoms with Crippen LogP contribution < -0.4 is 0 Å². The van der Waals surface area contributed by atoms with Crippen molar-refractivity contribution in [1.82, 2.24) is 0 Å². The van der Waals surface area contributed by atoms with E-state index in [2.05, 4.69) is 106 Å². The normalized spacial score (nSPS) is 12.6. The molecule has 82 heavy (non-hydrogen) atoms. The maximum absolute atomic E-state index is 12.9. The highest BCUT2D eigenvalue weighted by Crippen LogP contribution is 2.18. The van der Waals surface area contributed by atoms with Gasteiger partial charge in [0.05, 0.1) is 0 Å². The zero-order valence-corrected chi connectivity index (χ0v) is 54.5. The van der Waals surface area contributed by atoms with Crippen molar-refractivity contribution in [2.24, 2.45) is 0 Å². The van der Waals surface area contributed by atoms with Crippen molar-refractivity contribution in [1.29, 1.82) is 0 Å². The van der Waals surface area contributed by atoms with E-state index in [1.807, 2.05) is 0 Å². The van der Waals surface area contributed by atoms with Gasteiger partial charge in [-0.05, 0) is 89.9 Å². The van der Waals surface area contributed by atoms with Gasteiger partial charge >= 0.3 is 17.9 Å². The number of rotatable bonds is 65. The summed E-state index contributed by atoms with van der Waals surface area (Å²) in [7, 11) is 0. The number of unbranched alkanes of at least 4 members (excludes halogenated alkanes) is 40. The van der Waals surface area contributed by atoms with Gasteiger partial charge in [0.2, 0.25) is 0 Å². The van der Waals surface area contributed by atoms with Gasteiger partial charge in [-0.3, -0.25) is 14.4 Å². The molecule has 0 heterocycles. The van der Waals surface area contributed by atoms with Gasteiger partial charge in [-0.1, -0.05) is 337 Å². The average Bonchev–Trinajstić information content (AvgIpc) is 3.47. The number of esters is 3. The number of hydrogen-bond donors (Lipinski definition) is 0. The Morgan fingerprint density at radius 2 is 0.476 bits per heavy atom. The lowest BCUT2D eigenvalue weighted by Crippen LogP contribution is -2.30. The van der Waals surface area contributed by atoms with E-state index >= 15 is 0 Å². The van der Waals surface area contributed by atoms with Gasteiger partial charge in [0.25, 0.3) is 0 Å². The Kier molecular flexibility index (Phi) is 67.2. The zero-order chi connectivity index (χ0) is 59.2. The maximum atomic E-state index is 12.9. The Labute approximate surface area is 509 Å². The maximum Gasteiger partial charge on any atom is 0.306 e. The quantitative estimate of drug-likeness (QED) is 0.0261. The van der Waals surface area contributed by atoms with E-state index in [-0.39, 0.29) is 37.5 Å². The van der Waals surface area contributed by atoms with Crippen molar-refractivity contribution in [3.05, 3.63) is 85.1 Å². The largest absolute Gasteiger partial charge is 0.462 e. The molecule has 0 aromatic carbocycles. The lowest BCUT2D eigenvalue weighted by Gasteiger charge is -2.18. The third kappa shape index (κ3) is 67.4. The molecule has 0 rings (SSSR count). The number of allylic oxidation sites excluding steroid dienone is 14. The van der Waals surface area contributed by atoms with E-state index in [1.54, 1.807) is 0 Å². The molecule has 0 saturated heterocycles. The second-order valence-corrected chi connectivity index (χ2v) is 23.7. The van der Waals surface area contributed by atoms with Gasteiger partial charge in [0.15, 0.2) is 6.10 Å². The van der Waals surface area contributed by atoms with Crippen molar-refractivity contribution in [2.45, 2.75) is 367 Å². The molecule has 0 saturated carbocycles. The highest BCUT2D eigenvalue weighted by atomic mass is 16.6. The lowest BCUT2D eigenvalue weighted by molar-refractivity contribution is -0.167. The standard InChI is InChI=1S/C76H134O6/c1-4-7-10-13-16-19-22-25-28-29-30-31-32-33-34-35-36-37-38-39-40-41-42-43-44-45-46-49-51-54-57-60-63-66-69-75(78)81-72-73(82-76(79)70-67-64-61-58-55-52-48-27-24-21-18-15-12-9-6-3)71-80-74(77)68-65-62-59-56-53-50-47-26-23-20-17-14-11-8-5-2/h8-9,11-12,17-18,20-21,26-27,47-48,55,58,73H,4-7,10,13-16,19,22-25,28-46,49-54,56-57,59-72H2,1-3H3/b11-8-,12-9-,20-17-,21-18-,47-26-,48-27-,58-55-. The van der Waals surface area contributed by atoms with Crippen LogP contribution in [-0.2, 0) is 28.6 Å². The molecule has 6 heteroatoms. The molecule has 0 bridgehead atoms. The number of ether oxygens (including phenoxy) is 3. The summed E-state index contributed by atoms with van der Waals surface area (Å²) in [5.74, 6) is -0.943. The molecule has 0 spiro atoms. The van der Waals surface area contributed by atoms with Crippen molar-refractivity contribution in [2.75, 3.05) is 13.2 Å². The highest BCUT2D eigenvalue weighted by molar-refractivity contribution is 5.71. The molecule has 0 N–H and O–H groups in total. The highest BCUT2D eigenvalue weighted by Gasteiger charge is 2.19. The van der Waals surface area contributed by atoms with E-state index < -0.39 is 6.10 Å². The predicted molar refractivity (Wildman–Crippen MR) is 358 cm³/mol. The first kappa shape index (κ1) is 78.6. The topological polar surface area (TPSA) is 78.9 Å². The van der Waals surface area contributed by atoms with Crippen LogP contribution in [0.2, 0.25) is 0 Å². The summed E-state index contributed by atoms with van der Waals surface area (Å²) in [6.07, 6.45) is 93.7. The summed E-state index contributed by atoms with van der Waals surface area (Å²) in [5, 5.41) is 0. The first-order chi connectivity index (χ1) is 40.5. The Hall–Kier alpha value is -3.41. The average molecular weight is 1140 g/mol. The molecule has 0 aliphatic heterocycles. The molecule has 0 amide bonds. The Balaban J connectivity index is 4.14.